The van der Waals surface area contributed by atoms with Gasteiger partial charge in [-0.15, -0.1) is 0 Å². The number of rotatable bonds is 9. The van der Waals surface area contributed by atoms with Crippen molar-refractivity contribution in [3.05, 3.63) is 0 Å². The number of nitrogens with one attached hydrogen (secondary N) is 2. The summed E-state index contributed by atoms with van der Waals surface area (Å²) in [6.07, 6.45) is 4.48. The molecule has 6 nitrogen and oxygen atoms in total. The fourth-order valence-electron chi connectivity index (χ4n) is 1.26. The van der Waals surface area contributed by atoms with Crippen LogP contribution in [0.1, 0.15) is 19.8 Å². The summed E-state index contributed by atoms with van der Waals surface area (Å²) in [5.41, 5.74) is 0. The summed E-state index contributed by atoms with van der Waals surface area (Å²) in [7, 11) is -0.916. The molecule has 0 rings (SSSR count). The van der Waals surface area contributed by atoms with Gasteiger partial charge in [0.25, 0.3) is 0 Å². The highest BCUT2D eigenvalue weighted by Crippen LogP contribution is 2.01. The van der Waals surface area contributed by atoms with Crippen molar-refractivity contribution in [3.63, 3.8) is 0 Å². The molecule has 0 aliphatic carbocycles. The van der Waals surface area contributed by atoms with Crippen molar-refractivity contribution in [2.24, 2.45) is 0 Å². The summed E-state index contributed by atoms with van der Waals surface area (Å²) in [5.74, 6) is -0.365. The third-order valence-electron chi connectivity index (χ3n) is 2.62. The van der Waals surface area contributed by atoms with Gasteiger partial charge in [0.15, 0.2) is 0 Å². The van der Waals surface area contributed by atoms with E-state index in [4.69, 9.17) is 5.11 Å². The van der Waals surface area contributed by atoms with Crippen LogP contribution in [0.2, 0.25) is 0 Å². The molecule has 0 saturated heterocycles. The highest BCUT2D eigenvalue weighted by atomic mass is 32.2. The van der Waals surface area contributed by atoms with E-state index in [1.165, 1.54) is 11.8 Å². The zero-order chi connectivity index (χ0) is 14.8. The molecule has 0 aliphatic rings. The van der Waals surface area contributed by atoms with Crippen LogP contribution in [-0.2, 0) is 15.6 Å². The van der Waals surface area contributed by atoms with Crippen molar-refractivity contribution < 1.29 is 18.9 Å². The average molecular weight is 310 g/mol. The lowest BCUT2D eigenvalue weighted by molar-refractivity contribution is -0.139. The maximum absolute atomic E-state index is 11.5. The van der Waals surface area contributed by atoms with Gasteiger partial charge in [0.05, 0.1) is 0 Å². The van der Waals surface area contributed by atoms with Gasteiger partial charge in [-0.1, -0.05) is 6.92 Å². The number of carboxylic acids is 1. The van der Waals surface area contributed by atoms with Crippen molar-refractivity contribution in [1.82, 2.24) is 10.6 Å². The number of carbonyl (C=O) groups excluding carboxylic acids is 1. The second-order valence-electron chi connectivity index (χ2n) is 4.17. The first-order valence-corrected chi connectivity index (χ1v) is 8.98. The maximum Gasteiger partial charge on any atom is 0.326 e. The monoisotopic (exact) mass is 310 g/mol. The van der Waals surface area contributed by atoms with E-state index in [0.717, 1.165) is 0 Å². The molecule has 0 aliphatic heterocycles. The Hall–Kier alpha value is -0.760. The molecule has 19 heavy (non-hydrogen) atoms. The van der Waals surface area contributed by atoms with Crippen molar-refractivity contribution in [2.75, 3.05) is 24.8 Å². The fourth-order valence-corrected chi connectivity index (χ4v) is 2.18. The van der Waals surface area contributed by atoms with Gasteiger partial charge in [0, 0.05) is 28.9 Å². The van der Waals surface area contributed by atoms with E-state index < -0.39 is 28.8 Å². The zero-order valence-corrected chi connectivity index (χ0v) is 13.1. The third kappa shape index (κ3) is 8.88. The minimum absolute atomic E-state index is 0.00654. The summed E-state index contributed by atoms with van der Waals surface area (Å²) in [5, 5.41) is 13.9. The predicted octanol–water partition coefficient (Wildman–Crippen LogP) is 0.649. The first-order chi connectivity index (χ1) is 8.88. The maximum atomic E-state index is 11.5. The van der Waals surface area contributed by atoms with E-state index in [9.17, 15) is 13.8 Å². The van der Waals surface area contributed by atoms with Gasteiger partial charge in [0.2, 0.25) is 0 Å². The molecule has 0 aromatic heterocycles. The molecule has 0 aromatic carbocycles. The summed E-state index contributed by atoms with van der Waals surface area (Å²) >= 11 is 1.53. The van der Waals surface area contributed by atoms with Crippen LogP contribution in [0, 0.1) is 0 Å². The largest absolute Gasteiger partial charge is 0.480 e. The number of thioether (sulfide) groups is 1. The molecule has 112 valence electrons. The molecule has 0 radical (unpaired) electrons. The van der Waals surface area contributed by atoms with Crippen molar-refractivity contribution in [1.29, 1.82) is 0 Å². The fraction of sp³-hybridized carbons (Fsp3) is 0.818. The lowest BCUT2D eigenvalue weighted by Gasteiger charge is -2.15. The Morgan fingerprint density at radius 1 is 1.37 bits per heavy atom. The van der Waals surface area contributed by atoms with Crippen LogP contribution >= 0.6 is 11.8 Å². The molecule has 0 aromatic rings. The highest BCUT2D eigenvalue weighted by molar-refractivity contribution is 7.98. The summed E-state index contributed by atoms with van der Waals surface area (Å²) in [6.45, 7) is 2.22. The number of carboxylic acid groups (broad SMARTS) is 1. The zero-order valence-electron chi connectivity index (χ0n) is 11.5. The van der Waals surface area contributed by atoms with Gasteiger partial charge in [-0.25, -0.2) is 9.59 Å². The van der Waals surface area contributed by atoms with E-state index >= 15 is 0 Å². The standard InChI is InChI=1S/C11H22N2O4S2/c1-8(19(3)17)4-6-12-11(16)13-9(10(14)15)5-7-18-2/h8-9H,4-7H2,1-3H3,(H,14,15)(H2,12,13,16)/t8?,9-,19?/m1/s1. The number of urea groups is 1. The van der Waals surface area contributed by atoms with Crippen LogP contribution in [0.4, 0.5) is 4.79 Å². The van der Waals surface area contributed by atoms with Gasteiger partial charge < -0.3 is 15.7 Å². The molecule has 3 N–H and O–H groups in total. The molecular formula is C11H22N2O4S2. The van der Waals surface area contributed by atoms with Crippen molar-refractivity contribution in [2.45, 2.75) is 31.1 Å². The Morgan fingerprint density at radius 3 is 2.47 bits per heavy atom. The quantitative estimate of drug-likeness (QED) is 0.581. The van der Waals surface area contributed by atoms with Crippen LogP contribution in [0.5, 0.6) is 0 Å². The Labute approximate surface area is 120 Å². The van der Waals surface area contributed by atoms with E-state index in [1.807, 2.05) is 13.2 Å². The second-order valence-corrected chi connectivity index (χ2v) is 6.96. The minimum Gasteiger partial charge on any atom is -0.480 e. The van der Waals surface area contributed by atoms with Crippen LogP contribution in [0.15, 0.2) is 0 Å². The molecule has 0 heterocycles. The Kier molecular flexibility index (Phi) is 9.68. The van der Waals surface area contributed by atoms with Gasteiger partial charge in [0.1, 0.15) is 6.04 Å². The molecule has 0 bridgehead atoms. The van der Waals surface area contributed by atoms with Crippen molar-refractivity contribution >= 4 is 34.6 Å². The highest BCUT2D eigenvalue weighted by Gasteiger charge is 2.19. The van der Waals surface area contributed by atoms with Gasteiger partial charge in [-0.3, -0.25) is 4.21 Å². The smallest absolute Gasteiger partial charge is 0.326 e. The number of hydrogen-bond acceptors (Lipinski definition) is 4. The molecule has 2 unspecified atom stereocenters. The molecule has 2 amide bonds. The lowest BCUT2D eigenvalue weighted by Crippen LogP contribution is -2.46. The Balaban J connectivity index is 3.99. The topological polar surface area (TPSA) is 95.5 Å². The SMILES string of the molecule is CSCC[C@@H](NC(=O)NCCC(C)S(C)=O)C(=O)O. The van der Waals surface area contributed by atoms with Crippen LogP contribution in [0.25, 0.3) is 0 Å². The second kappa shape index (κ2) is 10.1. The summed E-state index contributed by atoms with van der Waals surface area (Å²) in [6, 6.07) is -1.37. The molecule has 0 spiro atoms. The van der Waals surface area contributed by atoms with Crippen LogP contribution in [0.3, 0.4) is 0 Å². The van der Waals surface area contributed by atoms with E-state index in [0.29, 0.717) is 25.1 Å². The van der Waals surface area contributed by atoms with Crippen molar-refractivity contribution in [3.8, 4) is 0 Å². The Bertz CT molecular complexity index is 326. The number of hydrogen-bond donors (Lipinski definition) is 3. The number of amides is 2. The third-order valence-corrected chi connectivity index (χ3v) is 4.63. The van der Waals surface area contributed by atoms with Crippen LogP contribution in [-0.4, -0.2) is 57.4 Å². The lowest BCUT2D eigenvalue weighted by atomic mass is 10.2. The number of aliphatic carboxylic acids is 1. The normalized spacial score (nSPS) is 15.3. The van der Waals surface area contributed by atoms with Gasteiger partial charge in [-0.05, 0) is 24.9 Å². The Morgan fingerprint density at radius 2 is 2.00 bits per heavy atom. The molecule has 8 heteroatoms. The molecule has 3 atom stereocenters. The number of carbonyl (C=O) groups is 2. The minimum atomic E-state index is -1.03. The van der Waals surface area contributed by atoms with E-state index in [1.54, 1.807) is 6.26 Å². The van der Waals surface area contributed by atoms with E-state index in [-0.39, 0.29) is 5.25 Å². The van der Waals surface area contributed by atoms with E-state index in [2.05, 4.69) is 10.6 Å². The van der Waals surface area contributed by atoms with Gasteiger partial charge >= 0.3 is 12.0 Å². The summed E-state index contributed by atoms with van der Waals surface area (Å²) < 4.78 is 11.1. The summed E-state index contributed by atoms with van der Waals surface area (Å²) in [4.78, 5) is 22.4. The molecular weight excluding hydrogens is 288 g/mol. The first-order valence-electron chi connectivity index (χ1n) is 5.96. The predicted molar refractivity (Wildman–Crippen MR) is 79.1 cm³/mol. The average Bonchev–Trinajstić information content (AvgIpc) is 2.33. The molecule has 0 saturated carbocycles. The van der Waals surface area contributed by atoms with Gasteiger partial charge in [-0.2, -0.15) is 11.8 Å². The van der Waals surface area contributed by atoms with Crippen LogP contribution < -0.4 is 10.6 Å². The first kappa shape index (κ1) is 18.2. The molecule has 0 fully saturated rings.